The summed E-state index contributed by atoms with van der Waals surface area (Å²) < 4.78 is 10.5. The highest BCUT2D eigenvalue weighted by atomic mass is 16.6. The first-order valence-electron chi connectivity index (χ1n) is 12.5. The van der Waals surface area contributed by atoms with E-state index in [1.807, 2.05) is 26.0 Å². The molecule has 0 spiro atoms. The van der Waals surface area contributed by atoms with Crippen LogP contribution in [0.25, 0.3) is 0 Å². The average Bonchev–Trinajstić information content (AvgIpc) is 2.83. The lowest BCUT2D eigenvalue weighted by molar-refractivity contribution is -0.141. The number of rotatable bonds is 11. The van der Waals surface area contributed by atoms with Crippen molar-refractivity contribution in [1.82, 2.24) is 10.2 Å². The summed E-state index contributed by atoms with van der Waals surface area (Å²) >= 11 is 0. The van der Waals surface area contributed by atoms with Crippen molar-refractivity contribution in [3.05, 3.63) is 71.8 Å². The Bertz CT molecular complexity index is 1200. The van der Waals surface area contributed by atoms with E-state index >= 15 is 0 Å². The zero-order chi connectivity index (χ0) is 29.3. The Hall–Kier alpha value is -4.34. The molecule has 0 saturated carbocycles. The first kappa shape index (κ1) is 30.9. The van der Waals surface area contributed by atoms with E-state index in [2.05, 4.69) is 17.2 Å². The molecule has 0 aliphatic heterocycles. The van der Waals surface area contributed by atoms with Crippen molar-refractivity contribution < 1.29 is 28.7 Å². The van der Waals surface area contributed by atoms with Crippen molar-refractivity contribution in [2.24, 2.45) is 5.73 Å². The molecule has 10 nitrogen and oxygen atoms in total. The quantitative estimate of drug-likeness (QED) is 0.372. The molecule has 0 radical (unpaired) electrons. The summed E-state index contributed by atoms with van der Waals surface area (Å²) in [6.07, 6.45) is 0.0707. The largest absolute Gasteiger partial charge is 0.497 e. The third-order valence-electron chi connectivity index (χ3n) is 5.64. The minimum Gasteiger partial charge on any atom is -0.497 e. The minimum absolute atomic E-state index is 0.0574. The normalized spacial score (nSPS) is 12.5. The Balaban J connectivity index is 2.54. The summed E-state index contributed by atoms with van der Waals surface area (Å²) in [7, 11) is 1.54. The maximum Gasteiger partial charge on any atom is 0.408 e. The van der Waals surface area contributed by atoms with Crippen LogP contribution in [0.5, 0.6) is 5.75 Å². The van der Waals surface area contributed by atoms with Gasteiger partial charge < -0.3 is 30.7 Å². The van der Waals surface area contributed by atoms with Gasteiger partial charge in [0, 0.05) is 12.2 Å². The number of aryl methyl sites for hydroxylation is 2. The zero-order valence-corrected chi connectivity index (χ0v) is 23.4. The molecular weight excluding hydrogens is 500 g/mol. The number of hydrogen-bond donors (Lipinski definition) is 3. The van der Waals surface area contributed by atoms with E-state index in [1.165, 1.54) is 18.1 Å². The second-order valence-corrected chi connectivity index (χ2v) is 10.1. The average molecular weight is 539 g/mol. The summed E-state index contributed by atoms with van der Waals surface area (Å²) in [6.45, 7) is 12.5. The number of primary amides is 1. The van der Waals surface area contributed by atoms with Crippen molar-refractivity contribution in [2.75, 3.05) is 19.0 Å². The van der Waals surface area contributed by atoms with Gasteiger partial charge in [0.15, 0.2) is 0 Å². The van der Waals surface area contributed by atoms with E-state index in [9.17, 15) is 19.2 Å². The second-order valence-electron chi connectivity index (χ2n) is 10.1. The Morgan fingerprint density at radius 3 is 2.23 bits per heavy atom. The van der Waals surface area contributed by atoms with Gasteiger partial charge in [-0.2, -0.15) is 0 Å². The van der Waals surface area contributed by atoms with E-state index in [0.29, 0.717) is 17.0 Å². The summed E-state index contributed by atoms with van der Waals surface area (Å²) in [5, 5.41) is 5.29. The molecule has 10 heteroatoms. The molecule has 2 atom stereocenters. The second kappa shape index (κ2) is 13.5. The molecule has 0 aromatic heterocycles. The molecule has 0 saturated heterocycles. The van der Waals surface area contributed by atoms with Gasteiger partial charge in [-0.15, -0.1) is 6.58 Å². The molecule has 0 heterocycles. The molecule has 2 aromatic carbocycles. The van der Waals surface area contributed by atoms with Crippen LogP contribution in [0.1, 0.15) is 49.9 Å². The predicted molar refractivity (Wildman–Crippen MR) is 149 cm³/mol. The Morgan fingerprint density at radius 1 is 1.08 bits per heavy atom. The highest BCUT2D eigenvalue weighted by Crippen LogP contribution is 2.28. The number of methoxy groups -OCH3 is 1. The molecular formula is C29H38N4O6. The summed E-state index contributed by atoms with van der Waals surface area (Å²) in [5.41, 5.74) is 7.38. The van der Waals surface area contributed by atoms with Crippen LogP contribution in [0.4, 0.5) is 10.5 Å². The van der Waals surface area contributed by atoms with Crippen molar-refractivity contribution in [3.63, 3.8) is 0 Å². The topological polar surface area (TPSA) is 140 Å². The van der Waals surface area contributed by atoms with Crippen LogP contribution in [0.3, 0.4) is 0 Å². The maximum atomic E-state index is 13.9. The fraction of sp³-hybridized carbons (Fsp3) is 0.379. The fourth-order valence-electron chi connectivity index (χ4n) is 3.98. The SMILES string of the molecule is C=CCN(C(=O)C(CC(N)=O)NC(=O)OC(C)(C)C)C(C(=O)Nc1ccc(OC)cc1)c1ccc(C)cc1C. The van der Waals surface area contributed by atoms with Gasteiger partial charge in [-0.05, 0) is 70.0 Å². The van der Waals surface area contributed by atoms with Crippen LogP contribution in [0.15, 0.2) is 55.1 Å². The highest BCUT2D eigenvalue weighted by Gasteiger charge is 2.37. The molecule has 39 heavy (non-hydrogen) atoms. The first-order valence-corrected chi connectivity index (χ1v) is 12.5. The van der Waals surface area contributed by atoms with Gasteiger partial charge in [-0.3, -0.25) is 14.4 Å². The Morgan fingerprint density at radius 2 is 1.72 bits per heavy atom. The number of nitrogens with zero attached hydrogens (tertiary/aromatic N) is 1. The van der Waals surface area contributed by atoms with Gasteiger partial charge in [0.25, 0.3) is 5.91 Å². The number of nitrogens with two attached hydrogens (primary N) is 1. The van der Waals surface area contributed by atoms with Crippen LogP contribution in [0, 0.1) is 13.8 Å². The number of nitrogens with one attached hydrogen (secondary N) is 2. The molecule has 4 amide bonds. The van der Waals surface area contributed by atoms with Crippen molar-refractivity contribution in [2.45, 2.75) is 58.7 Å². The molecule has 0 bridgehead atoms. The molecule has 2 aromatic rings. The third kappa shape index (κ3) is 9.17. The summed E-state index contributed by atoms with van der Waals surface area (Å²) in [4.78, 5) is 53.4. The Kier molecular flexibility index (Phi) is 10.7. The summed E-state index contributed by atoms with van der Waals surface area (Å²) in [6, 6.07) is 9.76. The monoisotopic (exact) mass is 538 g/mol. The number of alkyl carbamates (subject to hydrolysis) is 1. The Labute approximate surface area is 229 Å². The zero-order valence-electron chi connectivity index (χ0n) is 23.4. The van der Waals surface area contributed by atoms with Gasteiger partial charge in [0.1, 0.15) is 23.4 Å². The number of ether oxygens (including phenoxy) is 2. The van der Waals surface area contributed by atoms with Crippen LogP contribution < -0.4 is 21.1 Å². The van der Waals surface area contributed by atoms with Gasteiger partial charge >= 0.3 is 6.09 Å². The first-order chi connectivity index (χ1) is 18.2. The molecule has 4 N–H and O–H groups in total. The lowest BCUT2D eigenvalue weighted by Gasteiger charge is -2.34. The van der Waals surface area contributed by atoms with Gasteiger partial charge in [-0.1, -0.05) is 29.8 Å². The highest BCUT2D eigenvalue weighted by molar-refractivity contribution is 6.00. The predicted octanol–water partition coefficient (Wildman–Crippen LogP) is 3.78. The van der Waals surface area contributed by atoms with Gasteiger partial charge in [0.2, 0.25) is 11.8 Å². The molecule has 0 aliphatic rings. The molecule has 210 valence electrons. The number of amides is 4. The third-order valence-corrected chi connectivity index (χ3v) is 5.64. The standard InChI is InChI=1S/C29H38N4O6/c1-8-15-33(27(36)23(17-24(30)34)32-28(37)39-29(4,5)6)25(22-14-9-18(2)16-19(22)3)26(35)31-20-10-12-21(38-7)13-11-20/h8-14,16,23,25H,1,15,17H2,2-7H3,(H2,30,34)(H,31,35)(H,32,37). The molecule has 2 unspecified atom stereocenters. The van der Waals surface area contributed by atoms with Gasteiger partial charge in [-0.25, -0.2) is 4.79 Å². The van der Waals surface area contributed by atoms with Crippen LogP contribution >= 0.6 is 0 Å². The smallest absolute Gasteiger partial charge is 0.408 e. The van der Waals surface area contributed by atoms with E-state index < -0.39 is 47.9 Å². The number of anilines is 1. The van der Waals surface area contributed by atoms with Gasteiger partial charge in [0.05, 0.1) is 13.5 Å². The number of carbonyl (C=O) groups is 4. The van der Waals surface area contributed by atoms with Crippen LogP contribution in [-0.2, 0) is 19.1 Å². The number of benzene rings is 2. The lowest BCUT2D eigenvalue weighted by Crippen LogP contribution is -2.53. The van der Waals surface area contributed by atoms with Crippen LogP contribution in [0.2, 0.25) is 0 Å². The van der Waals surface area contributed by atoms with Crippen molar-refractivity contribution in [3.8, 4) is 5.75 Å². The lowest BCUT2D eigenvalue weighted by atomic mass is 9.96. The molecule has 0 fully saturated rings. The molecule has 2 rings (SSSR count). The van der Waals surface area contributed by atoms with E-state index in [1.54, 1.807) is 51.1 Å². The summed E-state index contributed by atoms with van der Waals surface area (Å²) in [5.74, 6) is -1.40. The van der Waals surface area contributed by atoms with Crippen molar-refractivity contribution in [1.29, 1.82) is 0 Å². The maximum absolute atomic E-state index is 13.9. The van der Waals surface area contributed by atoms with Crippen molar-refractivity contribution >= 4 is 29.5 Å². The number of carbonyl (C=O) groups excluding carboxylic acids is 4. The van der Waals surface area contributed by atoms with E-state index in [0.717, 1.165) is 11.1 Å². The number of hydrogen-bond acceptors (Lipinski definition) is 6. The van der Waals surface area contributed by atoms with Crippen LogP contribution in [-0.4, -0.2) is 54.0 Å². The van der Waals surface area contributed by atoms with E-state index in [-0.39, 0.29) is 6.54 Å². The minimum atomic E-state index is -1.38. The fourth-order valence-corrected chi connectivity index (χ4v) is 3.98. The molecule has 0 aliphatic carbocycles. The van der Waals surface area contributed by atoms with E-state index in [4.69, 9.17) is 15.2 Å².